The molecular formula is C8H9BrN2. The lowest BCUT2D eigenvalue weighted by molar-refractivity contribution is 1.26. The maximum atomic E-state index is 5.46. The molecule has 0 aliphatic rings. The van der Waals surface area contributed by atoms with Crippen molar-refractivity contribution in [2.75, 3.05) is 5.73 Å². The molecule has 1 heterocycles. The first kappa shape index (κ1) is 9.99. The first-order valence-corrected chi connectivity index (χ1v) is 3.70. The van der Waals surface area contributed by atoms with Gasteiger partial charge < -0.3 is 5.73 Å². The van der Waals surface area contributed by atoms with E-state index in [1.807, 2.05) is 13.0 Å². The molecule has 0 aliphatic carbocycles. The summed E-state index contributed by atoms with van der Waals surface area (Å²) in [6, 6.07) is 1.93. The Kier molecular flexibility index (Phi) is 4.32. The van der Waals surface area contributed by atoms with Gasteiger partial charge >= 0.3 is 0 Å². The molecule has 0 saturated carbocycles. The monoisotopic (exact) mass is 212 g/mol. The summed E-state index contributed by atoms with van der Waals surface area (Å²) >= 11 is 3.28. The SMILES string of the molecule is C#C.Cc1cc(Br)cnc1N. The predicted molar refractivity (Wildman–Crippen MR) is 51.0 cm³/mol. The van der Waals surface area contributed by atoms with Gasteiger partial charge in [0.2, 0.25) is 0 Å². The molecule has 0 atom stereocenters. The van der Waals surface area contributed by atoms with Crippen molar-refractivity contribution in [1.82, 2.24) is 4.98 Å². The fourth-order valence-corrected chi connectivity index (χ4v) is 0.997. The van der Waals surface area contributed by atoms with Crippen molar-refractivity contribution in [3.8, 4) is 12.8 Å². The molecule has 11 heavy (non-hydrogen) atoms. The number of aryl methyl sites for hydroxylation is 1. The van der Waals surface area contributed by atoms with Gasteiger partial charge in [-0.25, -0.2) is 4.98 Å². The maximum absolute atomic E-state index is 5.46. The fourth-order valence-electron chi connectivity index (χ4n) is 0.551. The van der Waals surface area contributed by atoms with E-state index < -0.39 is 0 Å². The van der Waals surface area contributed by atoms with Gasteiger partial charge in [0, 0.05) is 10.7 Å². The third-order valence-electron chi connectivity index (χ3n) is 1.09. The van der Waals surface area contributed by atoms with Gasteiger partial charge in [-0.1, -0.05) is 0 Å². The first-order valence-electron chi connectivity index (χ1n) is 2.91. The van der Waals surface area contributed by atoms with Gasteiger partial charge in [-0.05, 0) is 34.5 Å². The highest BCUT2D eigenvalue weighted by Gasteiger charge is 1.92. The minimum Gasteiger partial charge on any atom is -0.383 e. The molecule has 2 nitrogen and oxygen atoms in total. The Morgan fingerprint density at radius 3 is 2.45 bits per heavy atom. The van der Waals surface area contributed by atoms with Crippen molar-refractivity contribution in [1.29, 1.82) is 0 Å². The minimum atomic E-state index is 0.596. The summed E-state index contributed by atoms with van der Waals surface area (Å²) in [5.41, 5.74) is 6.46. The Morgan fingerprint density at radius 2 is 2.09 bits per heavy atom. The zero-order valence-electron chi connectivity index (χ0n) is 6.21. The van der Waals surface area contributed by atoms with E-state index in [4.69, 9.17) is 5.73 Å². The van der Waals surface area contributed by atoms with Crippen molar-refractivity contribution < 1.29 is 0 Å². The molecule has 1 aromatic rings. The van der Waals surface area contributed by atoms with E-state index >= 15 is 0 Å². The summed E-state index contributed by atoms with van der Waals surface area (Å²) in [7, 11) is 0. The number of anilines is 1. The summed E-state index contributed by atoms with van der Waals surface area (Å²) in [5, 5.41) is 0. The van der Waals surface area contributed by atoms with Crippen LogP contribution in [0.1, 0.15) is 5.56 Å². The highest BCUT2D eigenvalue weighted by atomic mass is 79.9. The molecule has 58 valence electrons. The topological polar surface area (TPSA) is 38.9 Å². The van der Waals surface area contributed by atoms with E-state index in [9.17, 15) is 0 Å². The Labute approximate surface area is 75.0 Å². The number of hydrogen-bond acceptors (Lipinski definition) is 2. The zero-order valence-corrected chi connectivity index (χ0v) is 7.80. The van der Waals surface area contributed by atoms with Crippen LogP contribution in [-0.2, 0) is 0 Å². The lowest BCUT2D eigenvalue weighted by Gasteiger charge is -1.96. The number of nitrogens with zero attached hydrogens (tertiary/aromatic N) is 1. The number of terminal acetylenes is 1. The average Bonchev–Trinajstić information content (AvgIpc) is 2.02. The van der Waals surface area contributed by atoms with Crippen LogP contribution < -0.4 is 5.73 Å². The van der Waals surface area contributed by atoms with E-state index in [0.717, 1.165) is 10.0 Å². The molecule has 0 amide bonds. The number of nitrogens with two attached hydrogens (primary N) is 1. The smallest absolute Gasteiger partial charge is 0.126 e. The molecule has 0 saturated heterocycles. The van der Waals surface area contributed by atoms with Gasteiger partial charge in [0.05, 0.1) is 0 Å². The van der Waals surface area contributed by atoms with E-state index in [-0.39, 0.29) is 0 Å². The second-order valence-corrected chi connectivity index (χ2v) is 2.77. The molecule has 1 aromatic heterocycles. The zero-order chi connectivity index (χ0) is 8.85. The van der Waals surface area contributed by atoms with Crippen molar-refractivity contribution >= 4 is 21.7 Å². The summed E-state index contributed by atoms with van der Waals surface area (Å²) in [4.78, 5) is 3.91. The maximum Gasteiger partial charge on any atom is 0.126 e. The largest absolute Gasteiger partial charge is 0.383 e. The van der Waals surface area contributed by atoms with Crippen LogP contribution in [0.5, 0.6) is 0 Å². The van der Waals surface area contributed by atoms with E-state index in [1.165, 1.54) is 0 Å². The molecule has 0 fully saturated rings. The molecule has 0 spiro atoms. The Morgan fingerprint density at radius 1 is 1.55 bits per heavy atom. The lowest BCUT2D eigenvalue weighted by Crippen LogP contribution is -1.91. The number of pyridine rings is 1. The standard InChI is InChI=1S/C6H7BrN2.C2H2/c1-4-2-5(7)3-9-6(4)8;1-2/h2-3H,1H3,(H2,8,9);1-2H. The van der Waals surface area contributed by atoms with Gasteiger partial charge in [0.25, 0.3) is 0 Å². The minimum absolute atomic E-state index is 0.596. The molecule has 0 aliphatic heterocycles. The number of halogens is 1. The number of nitrogen functional groups attached to an aromatic ring is 1. The second-order valence-electron chi connectivity index (χ2n) is 1.86. The molecule has 0 aromatic carbocycles. The Bertz CT molecular complexity index is 256. The van der Waals surface area contributed by atoms with Crippen LogP contribution in [0.25, 0.3) is 0 Å². The van der Waals surface area contributed by atoms with Gasteiger partial charge in [0.1, 0.15) is 5.82 Å². The van der Waals surface area contributed by atoms with Gasteiger partial charge in [-0.3, -0.25) is 0 Å². The van der Waals surface area contributed by atoms with Crippen LogP contribution >= 0.6 is 15.9 Å². The molecular weight excluding hydrogens is 204 g/mol. The van der Waals surface area contributed by atoms with Crippen molar-refractivity contribution in [3.05, 3.63) is 22.3 Å². The van der Waals surface area contributed by atoms with Crippen LogP contribution in [0, 0.1) is 19.8 Å². The predicted octanol–water partition coefficient (Wildman–Crippen LogP) is 1.98. The summed E-state index contributed by atoms with van der Waals surface area (Å²) in [5.74, 6) is 0.596. The van der Waals surface area contributed by atoms with Crippen LogP contribution in [-0.4, -0.2) is 4.98 Å². The third-order valence-corrected chi connectivity index (χ3v) is 1.52. The highest BCUT2D eigenvalue weighted by molar-refractivity contribution is 9.10. The Hall–Kier alpha value is -1.01. The summed E-state index contributed by atoms with van der Waals surface area (Å²) in [6.07, 6.45) is 9.68. The van der Waals surface area contributed by atoms with E-state index in [2.05, 4.69) is 33.8 Å². The first-order chi connectivity index (χ1) is 5.20. The van der Waals surface area contributed by atoms with Crippen molar-refractivity contribution in [2.24, 2.45) is 0 Å². The van der Waals surface area contributed by atoms with Gasteiger partial charge in [0.15, 0.2) is 0 Å². The van der Waals surface area contributed by atoms with Crippen LogP contribution in [0.2, 0.25) is 0 Å². The van der Waals surface area contributed by atoms with Gasteiger partial charge in [-0.2, -0.15) is 0 Å². The van der Waals surface area contributed by atoms with E-state index in [1.54, 1.807) is 6.20 Å². The lowest BCUT2D eigenvalue weighted by atomic mass is 10.3. The molecule has 1 rings (SSSR count). The number of hydrogen-bond donors (Lipinski definition) is 1. The summed E-state index contributed by atoms with van der Waals surface area (Å²) in [6.45, 7) is 1.92. The number of aromatic nitrogens is 1. The molecule has 0 bridgehead atoms. The molecule has 3 heteroatoms. The fraction of sp³-hybridized carbons (Fsp3) is 0.125. The van der Waals surface area contributed by atoms with Gasteiger partial charge in [-0.15, -0.1) is 12.8 Å². The summed E-state index contributed by atoms with van der Waals surface area (Å²) < 4.78 is 0.967. The second kappa shape index (κ2) is 4.75. The van der Waals surface area contributed by atoms with Crippen LogP contribution in [0.3, 0.4) is 0 Å². The Balaban J connectivity index is 0.000000461. The van der Waals surface area contributed by atoms with Crippen molar-refractivity contribution in [3.63, 3.8) is 0 Å². The van der Waals surface area contributed by atoms with Crippen molar-refractivity contribution in [2.45, 2.75) is 6.92 Å². The third kappa shape index (κ3) is 3.06. The molecule has 0 unspecified atom stereocenters. The van der Waals surface area contributed by atoms with E-state index in [0.29, 0.717) is 5.82 Å². The van der Waals surface area contributed by atoms with Crippen LogP contribution in [0.15, 0.2) is 16.7 Å². The molecule has 0 radical (unpaired) electrons. The van der Waals surface area contributed by atoms with Crippen LogP contribution in [0.4, 0.5) is 5.82 Å². The molecule has 2 N–H and O–H groups in total. The highest BCUT2D eigenvalue weighted by Crippen LogP contribution is 2.13. The normalized spacial score (nSPS) is 8.00. The number of rotatable bonds is 0. The average molecular weight is 213 g/mol. The quantitative estimate of drug-likeness (QED) is 0.669.